The minimum Gasteiger partial charge on any atom is -0.462 e. The van der Waals surface area contributed by atoms with E-state index in [9.17, 15) is 4.79 Å². The fourth-order valence-corrected chi connectivity index (χ4v) is 2.23. The number of carbonyl (C=O) groups is 1. The summed E-state index contributed by atoms with van der Waals surface area (Å²) in [5.74, 6) is 0.887. The van der Waals surface area contributed by atoms with Gasteiger partial charge in [0.1, 0.15) is 6.10 Å². The fraction of sp³-hybridized carbons (Fsp3) is 0.786. The summed E-state index contributed by atoms with van der Waals surface area (Å²) in [4.78, 5) is 11.4. The molecule has 0 unspecified atom stereocenters. The Morgan fingerprint density at radius 3 is 2.56 bits per heavy atom. The van der Waals surface area contributed by atoms with Gasteiger partial charge in [0.05, 0.1) is 5.92 Å². The second-order valence-corrected chi connectivity index (χ2v) is 4.52. The first-order chi connectivity index (χ1) is 7.56. The van der Waals surface area contributed by atoms with E-state index < -0.39 is 0 Å². The highest BCUT2D eigenvalue weighted by Gasteiger charge is 2.35. The molecule has 2 heteroatoms. The van der Waals surface area contributed by atoms with Crippen LogP contribution in [0.2, 0.25) is 0 Å². The number of rotatable bonds is 3. The molecular weight excluding hydrogens is 200 g/mol. The number of cyclic esters (lactones) is 1. The van der Waals surface area contributed by atoms with Crippen LogP contribution in [0.25, 0.3) is 0 Å². The summed E-state index contributed by atoms with van der Waals surface area (Å²) in [6.45, 7) is 13.9. The second-order valence-electron chi connectivity index (χ2n) is 4.52. The summed E-state index contributed by atoms with van der Waals surface area (Å²) in [5.41, 5.74) is 0. The average Bonchev–Trinajstić information content (AvgIpc) is 2.26. The lowest BCUT2D eigenvalue weighted by Crippen LogP contribution is -2.39. The van der Waals surface area contributed by atoms with Gasteiger partial charge >= 0.3 is 5.97 Å². The highest BCUT2D eigenvalue weighted by Crippen LogP contribution is 2.31. The maximum Gasteiger partial charge on any atom is 0.308 e. The Morgan fingerprint density at radius 1 is 1.50 bits per heavy atom. The summed E-state index contributed by atoms with van der Waals surface area (Å²) < 4.78 is 5.44. The third-order valence-corrected chi connectivity index (χ3v) is 3.04. The Bertz CT molecular complexity index is 223. The molecule has 4 atom stereocenters. The van der Waals surface area contributed by atoms with Crippen molar-refractivity contribution in [2.24, 2.45) is 17.8 Å². The maximum atomic E-state index is 11.4. The van der Waals surface area contributed by atoms with E-state index >= 15 is 0 Å². The van der Waals surface area contributed by atoms with E-state index in [4.69, 9.17) is 4.74 Å². The first-order valence-electron chi connectivity index (χ1n) is 6.37. The molecule has 1 aliphatic heterocycles. The predicted octanol–water partition coefficient (Wildman–Crippen LogP) is 3.81. The number of hydrogen-bond acceptors (Lipinski definition) is 2. The molecule has 0 N–H and O–H groups in total. The van der Waals surface area contributed by atoms with E-state index in [2.05, 4.69) is 20.4 Å². The van der Waals surface area contributed by atoms with E-state index in [1.165, 1.54) is 0 Å². The molecule has 94 valence electrons. The Balaban J connectivity index is 0.00000106. The van der Waals surface area contributed by atoms with Gasteiger partial charge in [-0.05, 0) is 24.7 Å². The molecule has 16 heavy (non-hydrogen) atoms. The van der Waals surface area contributed by atoms with Crippen LogP contribution in [-0.4, -0.2) is 12.1 Å². The van der Waals surface area contributed by atoms with Crippen LogP contribution < -0.4 is 0 Å². The van der Waals surface area contributed by atoms with Crippen molar-refractivity contribution in [2.75, 3.05) is 0 Å². The van der Waals surface area contributed by atoms with Gasteiger partial charge in [-0.1, -0.05) is 40.7 Å². The van der Waals surface area contributed by atoms with Crippen LogP contribution in [0.15, 0.2) is 12.7 Å². The lowest BCUT2D eigenvalue weighted by Gasteiger charge is -2.35. The van der Waals surface area contributed by atoms with E-state index in [-0.39, 0.29) is 18.0 Å². The van der Waals surface area contributed by atoms with E-state index in [1.54, 1.807) is 0 Å². The van der Waals surface area contributed by atoms with Gasteiger partial charge in [-0.15, -0.1) is 6.58 Å². The molecule has 1 aliphatic rings. The molecular formula is C14H26O2. The highest BCUT2D eigenvalue weighted by molar-refractivity contribution is 5.73. The van der Waals surface area contributed by atoms with Gasteiger partial charge in [-0.2, -0.15) is 0 Å². The molecule has 2 nitrogen and oxygen atoms in total. The first-order valence-corrected chi connectivity index (χ1v) is 6.37. The molecule has 0 aromatic heterocycles. The van der Waals surface area contributed by atoms with E-state index in [1.807, 2.05) is 26.8 Å². The largest absolute Gasteiger partial charge is 0.462 e. The van der Waals surface area contributed by atoms with Crippen LogP contribution in [0, 0.1) is 17.8 Å². The van der Waals surface area contributed by atoms with Crippen molar-refractivity contribution in [3.8, 4) is 0 Å². The van der Waals surface area contributed by atoms with Crippen LogP contribution in [0.4, 0.5) is 0 Å². The average molecular weight is 226 g/mol. The van der Waals surface area contributed by atoms with Crippen molar-refractivity contribution >= 4 is 5.97 Å². The summed E-state index contributed by atoms with van der Waals surface area (Å²) in [6.07, 6.45) is 3.84. The van der Waals surface area contributed by atoms with Gasteiger partial charge in [-0.25, -0.2) is 0 Å². The van der Waals surface area contributed by atoms with Crippen molar-refractivity contribution < 1.29 is 9.53 Å². The van der Waals surface area contributed by atoms with E-state index in [0.29, 0.717) is 11.8 Å². The predicted molar refractivity (Wildman–Crippen MR) is 68.2 cm³/mol. The van der Waals surface area contributed by atoms with E-state index in [0.717, 1.165) is 12.8 Å². The maximum absolute atomic E-state index is 11.4. The van der Waals surface area contributed by atoms with Crippen molar-refractivity contribution in [3.63, 3.8) is 0 Å². The third kappa shape index (κ3) is 3.99. The van der Waals surface area contributed by atoms with Gasteiger partial charge in [0.25, 0.3) is 0 Å². The molecule has 0 aliphatic carbocycles. The van der Waals surface area contributed by atoms with Crippen LogP contribution in [-0.2, 0) is 9.53 Å². The highest BCUT2D eigenvalue weighted by atomic mass is 16.5. The zero-order valence-electron chi connectivity index (χ0n) is 11.3. The smallest absolute Gasteiger partial charge is 0.308 e. The van der Waals surface area contributed by atoms with Gasteiger partial charge in [0.2, 0.25) is 0 Å². The number of allylic oxidation sites excluding steroid dienone is 1. The monoisotopic (exact) mass is 226 g/mol. The topological polar surface area (TPSA) is 26.3 Å². The van der Waals surface area contributed by atoms with Gasteiger partial charge < -0.3 is 4.74 Å². The van der Waals surface area contributed by atoms with Crippen molar-refractivity contribution in [2.45, 2.75) is 53.6 Å². The molecule has 1 heterocycles. The normalized spacial score (nSPS) is 30.8. The molecule has 0 aromatic rings. The Hall–Kier alpha value is -0.790. The Labute approximate surface area is 100 Å². The van der Waals surface area contributed by atoms with Gasteiger partial charge in [-0.3, -0.25) is 4.79 Å². The van der Waals surface area contributed by atoms with Crippen LogP contribution in [0.3, 0.4) is 0 Å². The summed E-state index contributed by atoms with van der Waals surface area (Å²) in [5, 5.41) is 0. The lowest BCUT2D eigenvalue weighted by molar-refractivity contribution is -0.168. The Kier molecular flexibility index (Phi) is 7.11. The van der Waals surface area contributed by atoms with Crippen molar-refractivity contribution in [1.82, 2.24) is 0 Å². The fourth-order valence-electron chi connectivity index (χ4n) is 2.23. The molecule has 0 aromatic carbocycles. The SMILES string of the molecule is C=CC[C@H](C)[C@@H]1OC(=O)[C@H](C)C[C@@H]1C.CC. The number of ether oxygens (including phenoxy) is 1. The molecule has 0 spiro atoms. The lowest BCUT2D eigenvalue weighted by atomic mass is 9.83. The van der Waals surface area contributed by atoms with Crippen molar-refractivity contribution in [1.29, 1.82) is 0 Å². The molecule has 1 rings (SSSR count). The minimum absolute atomic E-state index is 0.0380. The number of esters is 1. The van der Waals surface area contributed by atoms with Crippen LogP contribution >= 0.6 is 0 Å². The molecule has 1 fully saturated rings. The summed E-state index contributed by atoms with van der Waals surface area (Å²) in [7, 11) is 0. The van der Waals surface area contributed by atoms with Crippen LogP contribution in [0.5, 0.6) is 0 Å². The molecule has 1 saturated heterocycles. The summed E-state index contributed by atoms with van der Waals surface area (Å²) in [6, 6.07) is 0. The standard InChI is InChI=1S/C12H20O2.C2H6/c1-5-6-8(2)11-9(3)7-10(4)12(13)14-11;1-2/h5,8-11H,1,6-7H2,2-4H3;1-2H3/t8-,9-,10+,11-;/m0./s1. The first kappa shape index (κ1) is 15.2. The Morgan fingerprint density at radius 2 is 2.06 bits per heavy atom. The molecule has 0 saturated carbocycles. The quantitative estimate of drug-likeness (QED) is 0.540. The zero-order chi connectivity index (χ0) is 12.7. The minimum atomic E-state index is -0.0380. The van der Waals surface area contributed by atoms with Gasteiger partial charge in [0.15, 0.2) is 0 Å². The third-order valence-electron chi connectivity index (χ3n) is 3.04. The second kappa shape index (κ2) is 7.48. The number of hydrogen-bond donors (Lipinski definition) is 0. The zero-order valence-corrected chi connectivity index (χ0v) is 11.3. The number of carbonyl (C=O) groups excluding carboxylic acids is 1. The molecule has 0 amide bonds. The van der Waals surface area contributed by atoms with Gasteiger partial charge in [0, 0.05) is 0 Å². The van der Waals surface area contributed by atoms with Crippen molar-refractivity contribution in [3.05, 3.63) is 12.7 Å². The molecule has 0 bridgehead atoms. The van der Waals surface area contributed by atoms with Crippen LogP contribution in [0.1, 0.15) is 47.5 Å². The molecule has 0 radical (unpaired) electrons. The summed E-state index contributed by atoms with van der Waals surface area (Å²) >= 11 is 0.